The van der Waals surface area contributed by atoms with E-state index in [1.54, 1.807) is 36.7 Å². The third-order valence-electron chi connectivity index (χ3n) is 5.15. The van der Waals surface area contributed by atoms with Gasteiger partial charge in [-0.1, -0.05) is 11.6 Å². The van der Waals surface area contributed by atoms with E-state index in [9.17, 15) is 9.59 Å². The number of nitrogens with one attached hydrogen (secondary N) is 1. The largest absolute Gasteiger partial charge is 0.488 e. The summed E-state index contributed by atoms with van der Waals surface area (Å²) in [7, 11) is 0. The number of benzene rings is 1. The highest BCUT2D eigenvalue weighted by molar-refractivity contribution is 6.33. The third-order valence-corrected chi connectivity index (χ3v) is 5.48. The van der Waals surface area contributed by atoms with E-state index in [2.05, 4.69) is 20.2 Å². The van der Waals surface area contributed by atoms with Crippen LogP contribution in [0.15, 0.2) is 41.7 Å². The van der Waals surface area contributed by atoms with Crippen LogP contribution in [0.3, 0.4) is 0 Å². The lowest BCUT2D eigenvalue weighted by molar-refractivity contribution is 0.0383. The SMILES string of the molecule is O=C(NCCN1CCOCC1)c1cc(OCC2=Nc3cnccc3C(=O)C2)ccc1Cl. The molecule has 2 aliphatic rings. The van der Waals surface area contributed by atoms with Gasteiger partial charge in [-0.2, -0.15) is 0 Å². The second-order valence-electron chi connectivity index (χ2n) is 7.31. The smallest absolute Gasteiger partial charge is 0.252 e. The number of hydrogen-bond acceptors (Lipinski definition) is 7. The van der Waals surface area contributed by atoms with Crippen LogP contribution >= 0.6 is 11.6 Å². The summed E-state index contributed by atoms with van der Waals surface area (Å²) in [6, 6.07) is 6.59. The van der Waals surface area contributed by atoms with E-state index in [1.165, 1.54) is 0 Å². The minimum Gasteiger partial charge on any atom is -0.488 e. The van der Waals surface area contributed by atoms with Crippen LogP contribution in [0.25, 0.3) is 0 Å². The zero-order chi connectivity index (χ0) is 21.6. The number of rotatable bonds is 7. The van der Waals surface area contributed by atoms with Gasteiger partial charge in [0, 0.05) is 37.9 Å². The lowest BCUT2D eigenvalue weighted by Gasteiger charge is -2.26. The Balaban J connectivity index is 1.35. The van der Waals surface area contributed by atoms with Crippen LogP contribution < -0.4 is 10.1 Å². The number of fused-ring (bicyclic) bond motifs is 1. The average Bonchev–Trinajstić information content (AvgIpc) is 2.79. The van der Waals surface area contributed by atoms with E-state index in [0.717, 1.165) is 32.8 Å². The molecule has 0 unspecified atom stereocenters. The highest BCUT2D eigenvalue weighted by Crippen LogP contribution is 2.26. The first-order valence-electron chi connectivity index (χ1n) is 10.1. The van der Waals surface area contributed by atoms with Crippen molar-refractivity contribution in [3.05, 3.63) is 52.8 Å². The number of carbonyl (C=O) groups is 2. The molecule has 0 bridgehead atoms. The van der Waals surface area contributed by atoms with Gasteiger partial charge in [-0.15, -0.1) is 0 Å². The minimum absolute atomic E-state index is 0.0116. The summed E-state index contributed by atoms with van der Waals surface area (Å²) in [5, 5.41) is 3.25. The number of carbonyl (C=O) groups excluding carboxylic acids is 2. The van der Waals surface area contributed by atoms with Crippen LogP contribution in [0.2, 0.25) is 5.02 Å². The second kappa shape index (κ2) is 10.00. The average molecular weight is 443 g/mol. The predicted octanol–water partition coefficient (Wildman–Crippen LogP) is 2.53. The molecule has 0 spiro atoms. The van der Waals surface area contributed by atoms with Gasteiger partial charge in [0.05, 0.1) is 47.8 Å². The highest BCUT2D eigenvalue weighted by Gasteiger charge is 2.20. The van der Waals surface area contributed by atoms with Gasteiger partial charge in [0.1, 0.15) is 12.4 Å². The molecule has 3 heterocycles. The van der Waals surface area contributed by atoms with Crippen molar-refractivity contribution in [3.8, 4) is 5.75 Å². The molecule has 1 saturated heterocycles. The molecule has 4 rings (SSSR count). The first-order chi connectivity index (χ1) is 15.1. The van der Waals surface area contributed by atoms with Gasteiger partial charge in [-0.25, -0.2) is 0 Å². The molecule has 0 aliphatic carbocycles. The van der Waals surface area contributed by atoms with Crippen molar-refractivity contribution in [2.45, 2.75) is 6.42 Å². The second-order valence-corrected chi connectivity index (χ2v) is 7.72. The first kappa shape index (κ1) is 21.4. The lowest BCUT2D eigenvalue weighted by atomic mass is 10.0. The molecule has 0 radical (unpaired) electrons. The number of halogens is 1. The maximum atomic E-state index is 12.6. The number of nitrogens with zero attached hydrogens (tertiary/aromatic N) is 3. The van der Waals surface area contributed by atoms with Crippen molar-refractivity contribution in [2.75, 3.05) is 46.0 Å². The number of pyridine rings is 1. The highest BCUT2D eigenvalue weighted by atomic mass is 35.5. The number of hydrogen-bond donors (Lipinski definition) is 1. The fourth-order valence-electron chi connectivity index (χ4n) is 3.47. The van der Waals surface area contributed by atoms with Crippen LogP contribution in [0.1, 0.15) is 27.1 Å². The summed E-state index contributed by atoms with van der Waals surface area (Å²) < 4.78 is 11.1. The van der Waals surface area contributed by atoms with E-state index < -0.39 is 0 Å². The van der Waals surface area contributed by atoms with Crippen molar-refractivity contribution in [1.29, 1.82) is 0 Å². The van der Waals surface area contributed by atoms with Crippen LogP contribution in [0.4, 0.5) is 5.69 Å². The fraction of sp³-hybridized carbons (Fsp3) is 0.364. The van der Waals surface area contributed by atoms with Crippen molar-refractivity contribution in [2.24, 2.45) is 4.99 Å². The Morgan fingerprint density at radius 3 is 2.94 bits per heavy atom. The summed E-state index contributed by atoms with van der Waals surface area (Å²) in [5.74, 6) is 0.214. The van der Waals surface area contributed by atoms with Gasteiger partial charge >= 0.3 is 0 Å². The molecule has 31 heavy (non-hydrogen) atoms. The normalized spacial score (nSPS) is 16.4. The van der Waals surface area contributed by atoms with Gasteiger partial charge in [-0.05, 0) is 24.3 Å². The minimum atomic E-state index is -0.256. The lowest BCUT2D eigenvalue weighted by Crippen LogP contribution is -2.41. The third kappa shape index (κ3) is 5.46. The number of ketones is 1. The van der Waals surface area contributed by atoms with Gasteiger partial charge < -0.3 is 14.8 Å². The topological polar surface area (TPSA) is 93.1 Å². The molecule has 2 aliphatic heterocycles. The molecule has 1 N–H and O–H groups in total. The monoisotopic (exact) mass is 442 g/mol. The van der Waals surface area contributed by atoms with Crippen molar-refractivity contribution < 1.29 is 19.1 Å². The van der Waals surface area contributed by atoms with E-state index in [0.29, 0.717) is 39.8 Å². The standard InChI is InChI=1S/C22H23ClN4O4/c23-19-2-1-16(12-18(19)22(29)25-5-6-27-7-9-30-10-8-27)31-14-15-11-21(28)17-3-4-24-13-20(17)26-15/h1-4,12-13H,5-11,14H2,(H,25,29). The molecular weight excluding hydrogens is 420 g/mol. The summed E-state index contributed by atoms with van der Waals surface area (Å²) in [6.45, 7) is 4.59. The van der Waals surface area contributed by atoms with Crippen molar-refractivity contribution in [3.63, 3.8) is 0 Å². The summed E-state index contributed by atoms with van der Waals surface area (Å²) in [4.78, 5) is 35.6. The Bertz CT molecular complexity index is 1000. The Morgan fingerprint density at radius 2 is 2.10 bits per heavy atom. The molecule has 1 amide bonds. The van der Waals surface area contributed by atoms with E-state index in [-0.39, 0.29) is 24.7 Å². The maximum Gasteiger partial charge on any atom is 0.252 e. The van der Waals surface area contributed by atoms with E-state index >= 15 is 0 Å². The quantitative estimate of drug-likeness (QED) is 0.708. The molecule has 8 nitrogen and oxygen atoms in total. The maximum absolute atomic E-state index is 12.6. The summed E-state index contributed by atoms with van der Waals surface area (Å²) in [6.07, 6.45) is 3.34. The number of ether oxygens (including phenoxy) is 2. The van der Waals surface area contributed by atoms with Crippen LogP contribution in [-0.4, -0.2) is 73.3 Å². The van der Waals surface area contributed by atoms with Gasteiger partial charge in [-0.3, -0.25) is 24.5 Å². The zero-order valence-electron chi connectivity index (χ0n) is 17.0. The first-order valence-corrected chi connectivity index (χ1v) is 10.5. The van der Waals surface area contributed by atoms with Crippen molar-refractivity contribution >= 4 is 34.7 Å². The Hall–Kier alpha value is -2.81. The van der Waals surface area contributed by atoms with Crippen LogP contribution in [0.5, 0.6) is 5.75 Å². The van der Waals surface area contributed by atoms with Gasteiger partial charge in [0.15, 0.2) is 5.78 Å². The summed E-state index contributed by atoms with van der Waals surface area (Å²) >= 11 is 6.22. The molecule has 0 atom stereocenters. The number of aliphatic imine (C=N–C) groups is 1. The predicted molar refractivity (Wildman–Crippen MR) is 117 cm³/mol. The van der Waals surface area contributed by atoms with E-state index in [4.69, 9.17) is 21.1 Å². The molecule has 1 aromatic carbocycles. The molecule has 9 heteroatoms. The molecular formula is C22H23ClN4O4. The van der Waals surface area contributed by atoms with Crippen LogP contribution in [0, 0.1) is 0 Å². The van der Waals surface area contributed by atoms with E-state index in [1.807, 2.05) is 0 Å². The molecule has 0 saturated carbocycles. The number of amides is 1. The Morgan fingerprint density at radius 1 is 1.26 bits per heavy atom. The molecule has 1 aromatic heterocycles. The fourth-order valence-corrected chi connectivity index (χ4v) is 3.67. The van der Waals surface area contributed by atoms with Gasteiger partial charge in [0.2, 0.25) is 0 Å². The van der Waals surface area contributed by atoms with Gasteiger partial charge in [0.25, 0.3) is 5.91 Å². The summed E-state index contributed by atoms with van der Waals surface area (Å²) in [5.41, 5.74) is 2.07. The number of Topliss-reactive ketones (excluding diaryl/α,β-unsaturated/α-hetero) is 1. The molecule has 1 fully saturated rings. The Kier molecular flexibility index (Phi) is 6.91. The zero-order valence-corrected chi connectivity index (χ0v) is 17.7. The van der Waals surface area contributed by atoms with Crippen molar-refractivity contribution in [1.82, 2.24) is 15.2 Å². The molecule has 162 valence electrons. The number of morpholine rings is 1. The Labute approximate surface area is 185 Å². The van der Waals surface area contributed by atoms with Crippen LogP contribution in [-0.2, 0) is 4.74 Å². The number of aromatic nitrogens is 1. The molecule has 2 aromatic rings.